The zero-order valence-corrected chi connectivity index (χ0v) is 10.7. The van der Waals surface area contributed by atoms with Crippen LogP contribution in [0.1, 0.15) is 31.4 Å². The monoisotopic (exact) mass is 254 g/mol. The minimum absolute atomic E-state index is 0.268. The molecule has 2 rings (SSSR count). The maximum Gasteiger partial charge on any atom is 0.0558 e. The second-order valence-electron chi connectivity index (χ2n) is 4.60. The van der Waals surface area contributed by atoms with Crippen LogP contribution in [0.2, 0.25) is 5.02 Å². The molecule has 3 nitrogen and oxygen atoms in total. The lowest BCUT2D eigenvalue weighted by atomic mass is 9.99. The second kappa shape index (κ2) is 6.34. The van der Waals surface area contributed by atoms with Crippen LogP contribution in [-0.4, -0.2) is 34.2 Å². The van der Waals surface area contributed by atoms with Crippen molar-refractivity contribution >= 4 is 11.6 Å². The summed E-state index contributed by atoms with van der Waals surface area (Å²) in [6, 6.07) is 4.22. The van der Waals surface area contributed by atoms with Crippen molar-refractivity contribution in [2.24, 2.45) is 0 Å². The lowest BCUT2D eigenvalue weighted by Gasteiger charge is -2.35. The third-order valence-corrected chi connectivity index (χ3v) is 3.59. The first-order valence-electron chi connectivity index (χ1n) is 6.25. The zero-order chi connectivity index (χ0) is 12.1. The van der Waals surface area contributed by atoms with Crippen LogP contribution in [0.25, 0.3) is 0 Å². The first-order valence-corrected chi connectivity index (χ1v) is 6.63. The molecule has 17 heavy (non-hydrogen) atoms. The summed E-state index contributed by atoms with van der Waals surface area (Å²) in [5, 5.41) is 9.82. The first-order chi connectivity index (χ1) is 8.29. The molecule has 1 unspecified atom stereocenters. The van der Waals surface area contributed by atoms with Gasteiger partial charge < -0.3 is 5.11 Å². The Kier molecular flexibility index (Phi) is 4.77. The second-order valence-corrected chi connectivity index (χ2v) is 5.03. The predicted molar refractivity (Wildman–Crippen MR) is 69.0 cm³/mol. The summed E-state index contributed by atoms with van der Waals surface area (Å²) < 4.78 is 0. The topological polar surface area (TPSA) is 36.4 Å². The Morgan fingerprint density at radius 2 is 2.35 bits per heavy atom. The van der Waals surface area contributed by atoms with Crippen molar-refractivity contribution in [3.63, 3.8) is 0 Å². The van der Waals surface area contributed by atoms with Crippen LogP contribution in [0.5, 0.6) is 0 Å². The Morgan fingerprint density at radius 1 is 1.47 bits per heavy atom. The fourth-order valence-electron chi connectivity index (χ4n) is 2.49. The molecule has 0 aromatic carbocycles. The maximum atomic E-state index is 9.08. The van der Waals surface area contributed by atoms with Gasteiger partial charge in [0.1, 0.15) is 0 Å². The lowest BCUT2D eigenvalue weighted by molar-refractivity contribution is 0.111. The smallest absolute Gasteiger partial charge is 0.0558 e. The van der Waals surface area contributed by atoms with Gasteiger partial charge in [-0.3, -0.25) is 9.88 Å². The fourth-order valence-corrected chi connectivity index (χ4v) is 2.67. The van der Waals surface area contributed by atoms with E-state index in [4.69, 9.17) is 16.7 Å². The highest BCUT2D eigenvalue weighted by molar-refractivity contribution is 6.30. The highest BCUT2D eigenvalue weighted by Gasteiger charge is 2.22. The first kappa shape index (κ1) is 12.8. The molecule has 0 aliphatic carbocycles. The van der Waals surface area contributed by atoms with E-state index in [1.165, 1.54) is 19.3 Å². The number of pyridine rings is 1. The third-order valence-electron chi connectivity index (χ3n) is 3.36. The van der Waals surface area contributed by atoms with Crippen molar-refractivity contribution < 1.29 is 5.11 Å². The van der Waals surface area contributed by atoms with Crippen molar-refractivity contribution in [2.45, 2.75) is 38.3 Å². The number of rotatable bonds is 4. The largest absolute Gasteiger partial charge is 0.396 e. The van der Waals surface area contributed by atoms with Gasteiger partial charge in [0.2, 0.25) is 0 Å². The summed E-state index contributed by atoms with van der Waals surface area (Å²) in [5.41, 5.74) is 1.02. The number of halogens is 1. The number of aliphatic hydroxyl groups is 1. The van der Waals surface area contributed by atoms with E-state index in [1.807, 2.05) is 6.07 Å². The van der Waals surface area contributed by atoms with E-state index < -0.39 is 0 Å². The number of piperidine rings is 1. The van der Waals surface area contributed by atoms with Gasteiger partial charge in [0.25, 0.3) is 0 Å². The molecular weight excluding hydrogens is 236 g/mol. The van der Waals surface area contributed by atoms with Gasteiger partial charge in [0, 0.05) is 30.4 Å². The fraction of sp³-hybridized carbons (Fsp3) is 0.615. The van der Waals surface area contributed by atoms with Gasteiger partial charge in [0.15, 0.2) is 0 Å². The summed E-state index contributed by atoms with van der Waals surface area (Å²) in [7, 11) is 0. The number of aromatic nitrogens is 1. The molecule has 1 aromatic rings. The Balaban J connectivity index is 2.00. The van der Waals surface area contributed by atoms with Crippen LogP contribution in [0.3, 0.4) is 0 Å². The van der Waals surface area contributed by atoms with Crippen molar-refractivity contribution in [1.29, 1.82) is 0 Å². The van der Waals surface area contributed by atoms with Gasteiger partial charge in [0.05, 0.1) is 5.69 Å². The Labute approximate surface area is 107 Å². The normalized spacial score (nSPS) is 21.6. The average Bonchev–Trinajstić information content (AvgIpc) is 2.32. The SMILES string of the molecule is OCCC1CCCCN1Cc1cc(Cl)ccn1. The molecule has 0 saturated carbocycles. The number of likely N-dealkylation sites (tertiary alicyclic amines) is 1. The standard InChI is InChI=1S/C13H19ClN2O/c14-11-4-6-15-12(9-11)10-16-7-2-1-3-13(16)5-8-17/h4,6,9,13,17H,1-3,5,7-8,10H2. The molecule has 1 fully saturated rings. The van der Waals surface area contributed by atoms with Crippen LogP contribution in [0.15, 0.2) is 18.3 Å². The van der Waals surface area contributed by atoms with Crippen LogP contribution >= 0.6 is 11.6 Å². The van der Waals surface area contributed by atoms with Gasteiger partial charge in [-0.05, 0) is 37.9 Å². The van der Waals surface area contributed by atoms with Crippen molar-refractivity contribution in [3.05, 3.63) is 29.0 Å². The zero-order valence-electron chi connectivity index (χ0n) is 9.98. The van der Waals surface area contributed by atoms with E-state index in [1.54, 1.807) is 12.3 Å². The molecule has 0 bridgehead atoms. The molecule has 1 aliphatic heterocycles. The number of hydrogen-bond acceptors (Lipinski definition) is 3. The highest BCUT2D eigenvalue weighted by atomic mass is 35.5. The van der Waals surface area contributed by atoms with E-state index in [9.17, 15) is 0 Å². The maximum absolute atomic E-state index is 9.08. The molecule has 1 saturated heterocycles. The van der Waals surface area contributed by atoms with Gasteiger partial charge >= 0.3 is 0 Å². The van der Waals surface area contributed by atoms with Gasteiger partial charge in [-0.25, -0.2) is 0 Å². The summed E-state index contributed by atoms with van der Waals surface area (Å²) in [4.78, 5) is 6.75. The Bertz CT molecular complexity index is 357. The van der Waals surface area contributed by atoms with E-state index in [2.05, 4.69) is 9.88 Å². The summed E-state index contributed by atoms with van der Waals surface area (Å²) >= 11 is 5.96. The van der Waals surface area contributed by atoms with E-state index in [-0.39, 0.29) is 6.61 Å². The molecular formula is C13H19ClN2O. The highest BCUT2D eigenvalue weighted by Crippen LogP contribution is 2.21. The van der Waals surface area contributed by atoms with Crippen molar-refractivity contribution in [1.82, 2.24) is 9.88 Å². The van der Waals surface area contributed by atoms with Crippen LogP contribution in [-0.2, 0) is 6.54 Å². The Morgan fingerprint density at radius 3 is 3.12 bits per heavy atom. The van der Waals surface area contributed by atoms with Crippen LogP contribution in [0.4, 0.5) is 0 Å². The molecule has 1 atom stereocenters. The van der Waals surface area contributed by atoms with E-state index in [0.717, 1.165) is 30.2 Å². The van der Waals surface area contributed by atoms with Gasteiger partial charge in [-0.15, -0.1) is 0 Å². The molecule has 4 heteroatoms. The summed E-state index contributed by atoms with van der Waals surface area (Å²) in [5.74, 6) is 0. The third kappa shape index (κ3) is 3.66. The quantitative estimate of drug-likeness (QED) is 0.897. The van der Waals surface area contributed by atoms with Crippen LogP contribution in [0, 0.1) is 0 Å². The number of hydrogen-bond donors (Lipinski definition) is 1. The van der Waals surface area contributed by atoms with Crippen molar-refractivity contribution in [2.75, 3.05) is 13.2 Å². The molecule has 1 aromatic heterocycles. The summed E-state index contributed by atoms with van der Waals surface area (Å²) in [6.45, 7) is 2.20. The minimum Gasteiger partial charge on any atom is -0.396 e. The number of aliphatic hydroxyl groups excluding tert-OH is 1. The van der Waals surface area contributed by atoms with Gasteiger partial charge in [-0.2, -0.15) is 0 Å². The van der Waals surface area contributed by atoms with E-state index in [0.29, 0.717) is 6.04 Å². The molecule has 1 aliphatic rings. The molecule has 94 valence electrons. The molecule has 0 amide bonds. The predicted octanol–water partition coefficient (Wildman–Crippen LogP) is 2.47. The molecule has 0 spiro atoms. The van der Waals surface area contributed by atoms with Crippen LogP contribution < -0.4 is 0 Å². The minimum atomic E-state index is 0.268. The van der Waals surface area contributed by atoms with Gasteiger partial charge in [-0.1, -0.05) is 18.0 Å². The Hall–Kier alpha value is -0.640. The molecule has 1 N–H and O–H groups in total. The number of nitrogens with zero attached hydrogens (tertiary/aromatic N) is 2. The lowest BCUT2D eigenvalue weighted by Crippen LogP contribution is -2.39. The average molecular weight is 255 g/mol. The molecule has 2 heterocycles. The summed E-state index contributed by atoms with van der Waals surface area (Å²) in [6.07, 6.45) is 6.30. The van der Waals surface area contributed by atoms with E-state index >= 15 is 0 Å². The molecule has 0 radical (unpaired) electrons. The van der Waals surface area contributed by atoms with Crippen molar-refractivity contribution in [3.8, 4) is 0 Å².